The first-order valence-electron chi connectivity index (χ1n) is 11.5. The second kappa shape index (κ2) is 10.5. The van der Waals surface area contributed by atoms with Crippen molar-refractivity contribution in [3.63, 3.8) is 0 Å². The monoisotopic (exact) mass is 607 g/mol. The number of fused-ring (bicyclic) bond motifs is 1. The fraction of sp³-hybridized carbons (Fsp3) is 0.179. The summed E-state index contributed by atoms with van der Waals surface area (Å²) in [4.78, 5) is 15.0. The van der Waals surface area contributed by atoms with E-state index in [1.807, 2.05) is 61.5 Å². The van der Waals surface area contributed by atoms with Crippen LogP contribution in [-0.2, 0) is 11.2 Å². The van der Waals surface area contributed by atoms with Crippen LogP contribution in [0.1, 0.15) is 22.1 Å². The second-order valence-corrected chi connectivity index (χ2v) is 12.5. The van der Waals surface area contributed by atoms with E-state index in [-0.39, 0.29) is 6.42 Å². The number of carbonyl (C=O) groups excluding carboxylic acids is 1. The number of amides is 1. The Hall–Kier alpha value is -2.61. The first-order chi connectivity index (χ1) is 18.1. The topological polar surface area (TPSA) is 70.8 Å². The number of primary amides is 1. The number of rotatable bonds is 6. The van der Waals surface area contributed by atoms with Gasteiger partial charge in [0.1, 0.15) is 5.75 Å². The third-order valence-electron chi connectivity index (χ3n) is 6.20. The molecule has 2 atom stereocenters. The zero-order chi connectivity index (χ0) is 27.1. The van der Waals surface area contributed by atoms with Gasteiger partial charge in [-0.25, -0.2) is 0 Å². The normalized spacial score (nSPS) is 18.7. The number of benzene rings is 3. The molecule has 2 heterocycles. The molecule has 5 rings (SSSR count). The average Bonchev–Trinajstić information content (AvgIpc) is 3.32. The molecular weight excluding hydrogens is 588 g/mol. The Kier molecular flexibility index (Phi) is 7.46. The summed E-state index contributed by atoms with van der Waals surface area (Å²) < 4.78 is 16.3. The minimum absolute atomic E-state index is 0.171. The largest absolute Gasteiger partial charge is 0.477 e. The summed E-state index contributed by atoms with van der Waals surface area (Å²) in [6, 6.07) is 23.9. The lowest BCUT2D eigenvalue weighted by molar-refractivity contribution is -0.147. The van der Waals surface area contributed by atoms with E-state index in [2.05, 4.69) is 0 Å². The lowest BCUT2D eigenvalue weighted by Gasteiger charge is -2.42. The number of halogens is 4. The molecule has 2 N–H and O–H groups in total. The van der Waals surface area contributed by atoms with Gasteiger partial charge in [0.25, 0.3) is 5.91 Å². The molecule has 1 amide bonds. The molecule has 2 unspecified atom stereocenters. The summed E-state index contributed by atoms with van der Waals surface area (Å²) in [6.07, 6.45) is -0.695. The molecule has 0 saturated carbocycles. The van der Waals surface area contributed by atoms with Gasteiger partial charge in [-0.2, -0.15) is 0 Å². The molecule has 0 bridgehead atoms. The van der Waals surface area contributed by atoms with Crippen LogP contribution in [-0.4, -0.2) is 15.5 Å². The van der Waals surface area contributed by atoms with Gasteiger partial charge in [-0.05, 0) is 101 Å². The quantitative estimate of drug-likeness (QED) is 0.225. The molecule has 4 aromatic rings. The highest BCUT2D eigenvalue weighted by Gasteiger charge is 2.53. The molecule has 5 nitrogen and oxygen atoms in total. The first-order valence-corrected chi connectivity index (χ1v) is 13.8. The van der Waals surface area contributed by atoms with E-state index < -0.39 is 21.6 Å². The molecular formula is C28H21Cl4NO4S. The summed E-state index contributed by atoms with van der Waals surface area (Å²) in [5, 5.41) is 0.450. The lowest BCUT2D eigenvalue weighted by Crippen LogP contribution is -2.58. The minimum Gasteiger partial charge on any atom is -0.477 e. The average molecular weight is 609 g/mol. The van der Waals surface area contributed by atoms with E-state index in [4.69, 9.17) is 66.3 Å². The van der Waals surface area contributed by atoms with Crippen LogP contribution in [0.2, 0.25) is 5.02 Å². The fourth-order valence-corrected chi connectivity index (χ4v) is 6.00. The number of hydrogen-bond donors (Lipinski definition) is 1. The van der Waals surface area contributed by atoms with Crippen LogP contribution in [0.3, 0.4) is 0 Å². The van der Waals surface area contributed by atoms with Gasteiger partial charge in [0.15, 0.2) is 17.6 Å². The zero-order valence-corrected chi connectivity index (χ0v) is 23.8. The second-order valence-electron chi connectivity index (χ2n) is 8.79. The van der Waals surface area contributed by atoms with Gasteiger partial charge in [-0.1, -0.05) is 41.9 Å². The van der Waals surface area contributed by atoms with Crippen molar-refractivity contribution in [3.05, 3.63) is 99.9 Å². The highest BCUT2D eigenvalue weighted by atomic mass is 35.6. The van der Waals surface area contributed by atoms with Gasteiger partial charge < -0.3 is 19.9 Å². The number of ether oxygens (including phenoxy) is 3. The van der Waals surface area contributed by atoms with Crippen molar-refractivity contribution in [2.24, 2.45) is 5.73 Å². The lowest BCUT2D eigenvalue weighted by atomic mass is 9.85. The van der Waals surface area contributed by atoms with Crippen LogP contribution in [0.5, 0.6) is 17.2 Å². The highest BCUT2D eigenvalue weighted by molar-refractivity contribution is 7.15. The third kappa shape index (κ3) is 5.42. The van der Waals surface area contributed by atoms with Crippen molar-refractivity contribution in [2.45, 2.75) is 29.0 Å². The van der Waals surface area contributed by atoms with E-state index in [0.717, 1.165) is 20.9 Å². The molecule has 0 radical (unpaired) electrons. The van der Waals surface area contributed by atoms with Gasteiger partial charge in [0, 0.05) is 26.8 Å². The van der Waals surface area contributed by atoms with Crippen molar-refractivity contribution in [1.82, 2.24) is 0 Å². The van der Waals surface area contributed by atoms with Crippen molar-refractivity contribution in [2.75, 3.05) is 0 Å². The van der Waals surface area contributed by atoms with Crippen LogP contribution in [0.4, 0.5) is 0 Å². The van der Waals surface area contributed by atoms with Crippen LogP contribution in [0.15, 0.2) is 78.9 Å². The molecule has 0 saturated heterocycles. The first kappa shape index (κ1) is 27.0. The van der Waals surface area contributed by atoms with Gasteiger partial charge in [0.2, 0.25) is 5.60 Å². The summed E-state index contributed by atoms with van der Waals surface area (Å²) in [5.41, 5.74) is 6.87. The predicted octanol–water partition coefficient (Wildman–Crippen LogP) is 8.06. The van der Waals surface area contributed by atoms with Gasteiger partial charge >= 0.3 is 3.98 Å². The van der Waals surface area contributed by atoms with E-state index in [0.29, 0.717) is 27.8 Å². The molecule has 38 heavy (non-hydrogen) atoms. The molecule has 3 aromatic carbocycles. The molecule has 1 aliphatic heterocycles. The Bertz CT molecular complexity index is 1500. The smallest absolute Gasteiger partial charge is 0.338 e. The maximum absolute atomic E-state index is 13.2. The Labute approximate surface area is 243 Å². The SMILES string of the molecule is Cc1cc(-c2ccc(CC3(C(N)=O)Oc4ccccc4OC3c3ccccc3Cl)s2)ccc1OC(Cl)(Cl)Cl. The highest BCUT2D eigenvalue weighted by Crippen LogP contribution is 2.48. The Morgan fingerprint density at radius 3 is 2.42 bits per heavy atom. The molecule has 0 aliphatic carbocycles. The summed E-state index contributed by atoms with van der Waals surface area (Å²) >= 11 is 25.4. The number of aryl methyl sites for hydroxylation is 1. The van der Waals surface area contributed by atoms with Gasteiger partial charge in [0.05, 0.1) is 0 Å². The summed E-state index contributed by atoms with van der Waals surface area (Å²) in [6.45, 7) is 1.87. The van der Waals surface area contributed by atoms with Crippen molar-refractivity contribution in [3.8, 4) is 27.7 Å². The van der Waals surface area contributed by atoms with Crippen LogP contribution >= 0.6 is 57.7 Å². The van der Waals surface area contributed by atoms with Gasteiger partial charge in [-0.15, -0.1) is 11.3 Å². The number of hydrogen-bond acceptors (Lipinski definition) is 5. The number of thiophene rings is 1. The van der Waals surface area contributed by atoms with Crippen LogP contribution in [0, 0.1) is 6.92 Å². The fourth-order valence-electron chi connectivity index (χ4n) is 4.43. The van der Waals surface area contributed by atoms with E-state index in [1.54, 1.807) is 24.3 Å². The van der Waals surface area contributed by atoms with E-state index >= 15 is 0 Å². The Balaban J connectivity index is 1.51. The zero-order valence-electron chi connectivity index (χ0n) is 19.9. The van der Waals surface area contributed by atoms with Crippen molar-refractivity contribution >= 4 is 63.6 Å². The number of nitrogens with two attached hydrogens (primary N) is 1. The number of alkyl halides is 3. The maximum atomic E-state index is 13.2. The standard InChI is InChI=1S/C28H21Cl4NO4S/c1-16-14-17(10-12-21(16)37-28(30,31)32)24-13-11-18(38-24)15-27(26(33)34)25(19-6-2-3-7-20(19)29)35-22-8-4-5-9-23(22)36-27/h2-14,25H,15H2,1H3,(H2,33,34). The molecule has 196 valence electrons. The number of carbonyl (C=O) groups is 1. The maximum Gasteiger partial charge on any atom is 0.338 e. The van der Waals surface area contributed by atoms with Crippen LogP contribution in [0.25, 0.3) is 10.4 Å². The van der Waals surface area contributed by atoms with Gasteiger partial charge in [-0.3, -0.25) is 4.79 Å². The number of para-hydroxylation sites is 2. The van der Waals surface area contributed by atoms with Crippen molar-refractivity contribution < 1.29 is 19.0 Å². The molecule has 1 aromatic heterocycles. The molecule has 1 aliphatic rings. The Morgan fingerprint density at radius 1 is 1.03 bits per heavy atom. The Morgan fingerprint density at radius 2 is 1.74 bits per heavy atom. The molecule has 0 spiro atoms. The molecule has 10 heteroatoms. The summed E-state index contributed by atoms with van der Waals surface area (Å²) in [5.74, 6) is 0.753. The molecule has 0 fully saturated rings. The van der Waals surface area contributed by atoms with Crippen LogP contribution < -0.4 is 19.9 Å². The summed E-state index contributed by atoms with van der Waals surface area (Å²) in [7, 11) is 0. The minimum atomic E-state index is -1.86. The predicted molar refractivity (Wildman–Crippen MR) is 153 cm³/mol. The van der Waals surface area contributed by atoms with E-state index in [9.17, 15) is 4.79 Å². The van der Waals surface area contributed by atoms with E-state index in [1.165, 1.54) is 11.3 Å². The third-order valence-corrected chi connectivity index (χ3v) is 7.91. The van der Waals surface area contributed by atoms with Crippen molar-refractivity contribution in [1.29, 1.82) is 0 Å².